The number of hydrogen-bond donors (Lipinski definition) is 1. The van der Waals surface area contributed by atoms with Crippen molar-refractivity contribution in [2.75, 3.05) is 13.1 Å². The number of rotatable bonds is 2. The van der Waals surface area contributed by atoms with Gasteiger partial charge in [-0.3, -0.25) is 9.59 Å². The van der Waals surface area contributed by atoms with E-state index in [0.717, 1.165) is 38.5 Å². The first-order valence-corrected chi connectivity index (χ1v) is 8.36. The van der Waals surface area contributed by atoms with Crippen molar-refractivity contribution in [3.63, 3.8) is 0 Å². The van der Waals surface area contributed by atoms with Crippen LogP contribution in [0.4, 0.5) is 0 Å². The molecule has 4 nitrogen and oxygen atoms in total. The number of carboxylic acids is 1. The number of carboxylic acid groups (broad SMARTS) is 1. The maximum Gasteiger partial charge on any atom is 0.311 e. The fourth-order valence-corrected chi connectivity index (χ4v) is 4.97. The van der Waals surface area contributed by atoms with E-state index in [1.807, 2.05) is 4.90 Å². The minimum atomic E-state index is -0.690. The van der Waals surface area contributed by atoms with E-state index in [4.69, 9.17) is 0 Å². The molecule has 0 spiro atoms. The highest BCUT2D eigenvalue weighted by atomic mass is 16.4. The summed E-state index contributed by atoms with van der Waals surface area (Å²) in [7, 11) is 0. The molecule has 1 heterocycles. The lowest BCUT2D eigenvalue weighted by Gasteiger charge is -2.36. The van der Waals surface area contributed by atoms with Crippen molar-refractivity contribution in [3.8, 4) is 0 Å². The summed E-state index contributed by atoms with van der Waals surface area (Å²) in [6.45, 7) is 5.60. The van der Waals surface area contributed by atoms with E-state index in [1.54, 1.807) is 0 Å². The van der Waals surface area contributed by atoms with Crippen LogP contribution in [0.1, 0.15) is 58.8 Å². The minimum Gasteiger partial charge on any atom is -0.481 e. The van der Waals surface area contributed by atoms with Crippen molar-refractivity contribution in [1.82, 2.24) is 4.90 Å². The van der Waals surface area contributed by atoms with Crippen LogP contribution in [0.2, 0.25) is 0 Å². The van der Waals surface area contributed by atoms with E-state index in [-0.39, 0.29) is 23.2 Å². The van der Waals surface area contributed by atoms with Gasteiger partial charge in [-0.2, -0.15) is 0 Å². The first-order chi connectivity index (χ1) is 9.84. The smallest absolute Gasteiger partial charge is 0.311 e. The lowest BCUT2D eigenvalue weighted by Crippen LogP contribution is -2.41. The van der Waals surface area contributed by atoms with Crippen LogP contribution in [0, 0.1) is 22.7 Å². The summed E-state index contributed by atoms with van der Waals surface area (Å²) in [4.78, 5) is 26.4. The Morgan fingerprint density at radius 2 is 1.86 bits per heavy atom. The van der Waals surface area contributed by atoms with Gasteiger partial charge < -0.3 is 10.0 Å². The molecule has 2 aliphatic carbocycles. The van der Waals surface area contributed by atoms with Gasteiger partial charge in [-0.05, 0) is 43.4 Å². The summed E-state index contributed by atoms with van der Waals surface area (Å²) in [5, 5.41) is 9.63. The van der Waals surface area contributed by atoms with Crippen LogP contribution < -0.4 is 0 Å². The van der Waals surface area contributed by atoms with Crippen molar-refractivity contribution >= 4 is 11.9 Å². The molecule has 1 aliphatic heterocycles. The molecule has 0 aromatic heterocycles. The largest absolute Gasteiger partial charge is 0.481 e. The Kier molecular flexibility index (Phi) is 3.53. The SMILES string of the molecule is CC1(C)CCCC(C(=O)N2C[C@@H]3CCC[C@@]3(C(=O)O)C2)C1. The zero-order valence-electron chi connectivity index (χ0n) is 13.2. The maximum atomic E-state index is 12.8. The van der Waals surface area contributed by atoms with Crippen molar-refractivity contribution in [1.29, 1.82) is 0 Å². The number of nitrogens with zero attached hydrogens (tertiary/aromatic N) is 1. The summed E-state index contributed by atoms with van der Waals surface area (Å²) in [6.07, 6.45) is 6.94. The number of hydrogen-bond acceptors (Lipinski definition) is 2. The monoisotopic (exact) mass is 293 g/mol. The molecule has 1 N–H and O–H groups in total. The molecule has 3 aliphatic rings. The highest BCUT2D eigenvalue weighted by molar-refractivity contribution is 5.83. The molecule has 3 atom stereocenters. The summed E-state index contributed by atoms with van der Waals surface area (Å²) in [5.41, 5.74) is -0.390. The van der Waals surface area contributed by atoms with E-state index in [9.17, 15) is 14.7 Å². The van der Waals surface area contributed by atoms with Gasteiger partial charge in [0.05, 0.1) is 5.41 Å². The van der Waals surface area contributed by atoms with Gasteiger partial charge in [0.25, 0.3) is 0 Å². The first kappa shape index (κ1) is 14.9. The van der Waals surface area contributed by atoms with Crippen molar-refractivity contribution in [2.24, 2.45) is 22.7 Å². The number of fused-ring (bicyclic) bond motifs is 1. The van der Waals surface area contributed by atoms with Gasteiger partial charge in [0.15, 0.2) is 0 Å². The number of amides is 1. The van der Waals surface area contributed by atoms with Gasteiger partial charge in [0.2, 0.25) is 5.91 Å². The Bertz CT molecular complexity index is 459. The van der Waals surface area contributed by atoms with Gasteiger partial charge in [0.1, 0.15) is 0 Å². The Labute approximate surface area is 126 Å². The van der Waals surface area contributed by atoms with Crippen molar-refractivity contribution < 1.29 is 14.7 Å². The second-order valence-corrected chi connectivity index (χ2v) is 8.23. The maximum absolute atomic E-state index is 12.8. The van der Waals surface area contributed by atoms with Crippen molar-refractivity contribution in [3.05, 3.63) is 0 Å². The zero-order valence-corrected chi connectivity index (χ0v) is 13.2. The molecule has 2 saturated carbocycles. The zero-order chi connectivity index (χ0) is 15.3. The molecule has 1 amide bonds. The third-order valence-corrected chi connectivity index (χ3v) is 6.16. The molecule has 3 rings (SSSR count). The van der Waals surface area contributed by atoms with Gasteiger partial charge in [-0.25, -0.2) is 0 Å². The standard InChI is InChI=1S/C17H27NO3/c1-16(2)7-3-5-12(9-16)14(19)18-10-13-6-4-8-17(13,11-18)15(20)21/h12-13H,3-11H2,1-2H3,(H,20,21)/t12?,13-,17+/m0/s1. The quantitative estimate of drug-likeness (QED) is 0.851. The number of likely N-dealkylation sites (tertiary alicyclic amines) is 1. The molecule has 1 unspecified atom stereocenters. The van der Waals surface area contributed by atoms with E-state index < -0.39 is 11.4 Å². The van der Waals surface area contributed by atoms with Crippen LogP contribution >= 0.6 is 0 Å². The molecule has 3 fully saturated rings. The Balaban J connectivity index is 1.71. The number of carbonyl (C=O) groups is 2. The normalized spacial score (nSPS) is 38.3. The Morgan fingerprint density at radius 3 is 2.48 bits per heavy atom. The minimum absolute atomic E-state index is 0.110. The fraction of sp³-hybridized carbons (Fsp3) is 0.882. The summed E-state index contributed by atoms with van der Waals surface area (Å²) < 4.78 is 0. The molecule has 0 aromatic carbocycles. The molecule has 0 aromatic rings. The van der Waals surface area contributed by atoms with E-state index in [2.05, 4.69) is 13.8 Å². The topological polar surface area (TPSA) is 57.6 Å². The summed E-state index contributed by atoms with van der Waals surface area (Å²) in [6, 6.07) is 0. The summed E-state index contributed by atoms with van der Waals surface area (Å²) in [5.74, 6) is -0.184. The van der Waals surface area contributed by atoms with Crippen LogP contribution in [-0.4, -0.2) is 35.0 Å². The van der Waals surface area contributed by atoms with E-state index >= 15 is 0 Å². The average Bonchev–Trinajstić information content (AvgIpc) is 2.93. The molecule has 0 bridgehead atoms. The molecule has 21 heavy (non-hydrogen) atoms. The van der Waals surface area contributed by atoms with E-state index in [1.165, 1.54) is 6.42 Å². The van der Waals surface area contributed by atoms with Gasteiger partial charge in [-0.15, -0.1) is 0 Å². The second-order valence-electron chi connectivity index (χ2n) is 8.23. The van der Waals surface area contributed by atoms with Crippen LogP contribution in [0.15, 0.2) is 0 Å². The molecular weight excluding hydrogens is 266 g/mol. The highest BCUT2D eigenvalue weighted by Gasteiger charge is 2.56. The molecular formula is C17H27NO3. The number of aliphatic carboxylic acids is 1. The van der Waals surface area contributed by atoms with Crippen LogP contribution in [0.5, 0.6) is 0 Å². The van der Waals surface area contributed by atoms with E-state index in [0.29, 0.717) is 13.1 Å². The lowest BCUT2D eigenvalue weighted by atomic mass is 9.72. The lowest BCUT2D eigenvalue weighted by molar-refractivity contribution is -0.150. The molecule has 1 saturated heterocycles. The highest BCUT2D eigenvalue weighted by Crippen LogP contribution is 2.50. The summed E-state index contributed by atoms with van der Waals surface area (Å²) >= 11 is 0. The van der Waals surface area contributed by atoms with Crippen molar-refractivity contribution in [2.45, 2.75) is 58.8 Å². The van der Waals surface area contributed by atoms with Gasteiger partial charge >= 0.3 is 5.97 Å². The predicted molar refractivity (Wildman–Crippen MR) is 79.7 cm³/mol. The third-order valence-electron chi connectivity index (χ3n) is 6.16. The van der Waals surface area contributed by atoms with Gasteiger partial charge in [0, 0.05) is 19.0 Å². The molecule has 0 radical (unpaired) electrons. The van der Waals surface area contributed by atoms with Crippen LogP contribution in [0.3, 0.4) is 0 Å². The fourth-order valence-electron chi connectivity index (χ4n) is 4.97. The van der Waals surface area contributed by atoms with Crippen LogP contribution in [-0.2, 0) is 9.59 Å². The predicted octanol–water partition coefficient (Wildman–Crippen LogP) is 2.92. The second kappa shape index (κ2) is 4.99. The Morgan fingerprint density at radius 1 is 1.14 bits per heavy atom. The first-order valence-electron chi connectivity index (χ1n) is 8.36. The average molecular weight is 293 g/mol. The third kappa shape index (κ3) is 2.47. The molecule has 118 valence electrons. The molecule has 4 heteroatoms. The number of carbonyl (C=O) groups excluding carboxylic acids is 1. The van der Waals surface area contributed by atoms with Crippen LogP contribution in [0.25, 0.3) is 0 Å². The Hall–Kier alpha value is -1.06. The van der Waals surface area contributed by atoms with Gasteiger partial charge in [-0.1, -0.05) is 26.7 Å².